The standard InChI is InChI=1S/C18H25NO6S/c1-13(2)10-19(15-8-9-26(22,23)12-15)17(20)11-25-18(21)14-4-6-16(24-3)7-5-14/h4-7,13,15H,8-12H2,1-3H3/t15-/m0/s1. The minimum atomic E-state index is -3.10. The molecule has 0 aromatic heterocycles. The summed E-state index contributed by atoms with van der Waals surface area (Å²) in [5, 5.41) is 0. The fraction of sp³-hybridized carbons (Fsp3) is 0.556. The van der Waals surface area contributed by atoms with Crippen molar-refractivity contribution < 1.29 is 27.5 Å². The van der Waals surface area contributed by atoms with Gasteiger partial charge in [-0.3, -0.25) is 4.79 Å². The summed E-state index contributed by atoms with van der Waals surface area (Å²) in [4.78, 5) is 26.2. The third-order valence-electron chi connectivity index (χ3n) is 4.18. The molecule has 1 atom stereocenters. The van der Waals surface area contributed by atoms with E-state index in [0.717, 1.165) is 0 Å². The quantitative estimate of drug-likeness (QED) is 0.663. The summed E-state index contributed by atoms with van der Waals surface area (Å²) in [6.07, 6.45) is 0.424. The second-order valence-electron chi connectivity index (χ2n) is 6.80. The average molecular weight is 383 g/mol. The number of rotatable bonds is 7. The van der Waals surface area contributed by atoms with E-state index in [-0.39, 0.29) is 29.4 Å². The van der Waals surface area contributed by atoms with Gasteiger partial charge in [-0.05, 0) is 36.6 Å². The van der Waals surface area contributed by atoms with E-state index in [4.69, 9.17) is 9.47 Å². The molecule has 0 N–H and O–H groups in total. The Balaban J connectivity index is 1.98. The van der Waals surface area contributed by atoms with E-state index in [2.05, 4.69) is 0 Å². The predicted molar refractivity (Wildman–Crippen MR) is 96.9 cm³/mol. The molecule has 144 valence electrons. The molecule has 1 fully saturated rings. The molecule has 0 radical (unpaired) electrons. The first-order valence-corrected chi connectivity index (χ1v) is 10.3. The Labute approximate surface area is 154 Å². The number of hydrogen-bond donors (Lipinski definition) is 0. The van der Waals surface area contributed by atoms with Crippen LogP contribution in [0, 0.1) is 5.92 Å². The zero-order valence-corrected chi connectivity index (χ0v) is 16.1. The van der Waals surface area contributed by atoms with Crippen molar-refractivity contribution in [3.8, 4) is 5.75 Å². The maximum Gasteiger partial charge on any atom is 0.338 e. The van der Waals surface area contributed by atoms with Crippen LogP contribution in [0.25, 0.3) is 0 Å². The Morgan fingerprint density at radius 1 is 1.23 bits per heavy atom. The van der Waals surface area contributed by atoms with Crippen molar-refractivity contribution >= 4 is 21.7 Å². The van der Waals surface area contributed by atoms with Crippen LogP contribution in [0.15, 0.2) is 24.3 Å². The van der Waals surface area contributed by atoms with E-state index >= 15 is 0 Å². The summed E-state index contributed by atoms with van der Waals surface area (Å²) in [6.45, 7) is 3.92. The number of sulfone groups is 1. The Kier molecular flexibility index (Phi) is 6.63. The van der Waals surface area contributed by atoms with Gasteiger partial charge in [-0.2, -0.15) is 0 Å². The van der Waals surface area contributed by atoms with Crippen LogP contribution in [0.3, 0.4) is 0 Å². The van der Waals surface area contributed by atoms with Gasteiger partial charge in [-0.15, -0.1) is 0 Å². The summed E-state index contributed by atoms with van der Waals surface area (Å²) < 4.78 is 33.6. The Hall–Kier alpha value is -2.09. The van der Waals surface area contributed by atoms with Crippen molar-refractivity contribution in [1.82, 2.24) is 4.90 Å². The van der Waals surface area contributed by atoms with Gasteiger partial charge in [0, 0.05) is 12.6 Å². The predicted octanol–water partition coefficient (Wildman–Crippen LogP) is 1.52. The summed E-state index contributed by atoms with van der Waals surface area (Å²) in [7, 11) is -1.58. The van der Waals surface area contributed by atoms with Crippen LogP contribution in [-0.2, 0) is 19.4 Å². The molecule has 0 bridgehead atoms. The molecule has 2 rings (SSSR count). The highest BCUT2D eigenvalue weighted by Crippen LogP contribution is 2.19. The lowest BCUT2D eigenvalue weighted by molar-refractivity contribution is -0.137. The summed E-state index contributed by atoms with van der Waals surface area (Å²) in [5.74, 6) is -0.127. The molecule has 1 aliphatic heterocycles. The van der Waals surface area contributed by atoms with E-state index in [1.54, 1.807) is 24.3 Å². The number of hydrogen-bond acceptors (Lipinski definition) is 6. The van der Waals surface area contributed by atoms with Gasteiger partial charge >= 0.3 is 5.97 Å². The highest BCUT2D eigenvalue weighted by Gasteiger charge is 2.35. The fourth-order valence-electron chi connectivity index (χ4n) is 2.89. The smallest absolute Gasteiger partial charge is 0.338 e. The van der Waals surface area contributed by atoms with Crippen molar-refractivity contribution in [3.05, 3.63) is 29.8 Å². The molecule has 1 amide bonds. The second kappa shape index (κ2) is 8.53. The van der Waals surface area contributed by atoms with E-state index in [0.29, 0.717) is 24.3 Å². The molecule has 26 heavy (non-hydrogen) atoms. The van der Waals surface area contributed by atoms with Crippen LogP contribution < -0.4 is 4.74 Å². The molecule has 0 unspecified atom stereocenters. The zero-order chi connectivity index (χ0) is 19.3. The molecular formula is C18H25NO6S. The van der Waals surface area contributed by atoms with Crippen molar-refractivity contribution in [2.24, 2.45) is 5.92 Å². The maximum absolute atomic E-state index is 12.5. The van der Waals surface area contributed by atoms with E-state index in [1.165, 1.54) is 12.0 Å². The van der Waals surface area contributed by atoms with Crippen molar-refractivity contribution in [2.45, 2.75) is 26.3 Å². The third-order valence-corrected chi connectivity index (χ3v) is 5.93. The topological polar surface area (TPSA) is 90.0 Å². The van der Waals surface area contributed by atoms with Gasteiger partial charge in [0.15, 0.2) is 16.4 Å². The molecule has 7 nitrogen and oxygen atoms in total. The first-order chi connectivity index (χ1) is 12.2. The number of ether oxygens (including phenoxy) is 2. The Morgan fingerprint density at radius 3 is 2.38 bits per heavy atom. The zero-order valence-electron chi connectivity index (χ0n) is 15.3. The van der Waals surface area contributed by atoms with Gasteiger partial charge in [0.25, 0.3) is 5.91 Å². The summed E-state index contributed by atoms with van der Waals surface area (Å²) in [5.41, 5.74) is 0.317. The van der Waals surface area contributed by atoms with Gasteiger partial charge in [-0.1, -0.05) is 13.8 Å². The van der Waals surface area contributed by atoms with Crippen molar-refractivity contribution in [1.29, 1.82) is 0 Å². The molecular weight excluding hydrogens is 358 g/mol. The van der Waals surface area contributed by atoms with Gasteiger partial charge in [0.1, 0.15) is 5.75 Å². The van der Waals surface area contributed by atoms with Crippen LogP contribution in [0.4, 0.5) is 0 Å². The summed E-state index contributed by atoms with van der Waals surface area (Å²) in [6, 6.07) is 6.02. The highest BCUT2D eigenvalue weighted by atomic mass is 32.2. The van der Waals surface area contributed by atoms with Crippen LogP contribution in [0.5, 0.6) is 5.75 Å². The summed E-state index contributed by atoms with van der Waals surface area (Å²) >= 11 is 0. The second-order valence-corrected chi connectivity index (χ2v) is 9.03. The lowest BCUT2D eigenvalue weighted by Gasteiger charge is -2.29. The molecule has 1 aliphatic rings. The number of nitrogens with zero attached hydrogens (tertiary/aromatic N) is 1. The minimum Gasteiger partial charge on any atom is -0.497 e. The Morgan fingerprint density at radius 2 is 1.88 bits per heavy atom. The molecule has 1 heterocycles. The number of carbonyl (C=O) groups excluding carboxylic acids is 2. The lowest BCUT2D eigenvalue weighted by Crippen LogP contribution is -2.45. The monoisotopic (exact) mass is 383 g/mol. The highest BCUT2D eigenvalue weighted by molar-refractivity contribution is 7.91. The normalized spacial score (nSPS) is 18.5. The fourth-order valence-corrected chi connectivity index (χ4v) is 4.62. The van der Waals surface area contributed by atoms with Crippen LogP contribution in [-0.4, -0.2) is 63.0 Å². The molecule has 0 aliphatic carbocycles. The first-order valence-electron chi connectivity index (χ1n) is 8.53. The molecule has 1 aromatic carbocycles. The molecule has 1 aromatic rings. The van der Waals surface area contributed by atoms with Gasteiger partial charge < -0.3 is 14.4 Å². The van der Waals surface area contributed by atoms with E-state index < -0.39 is 22.4 Å². The van der Waals surface area contributed by atoms with Gasteiger partial charge in [0.05, 0.1) is 24.2 Å². The molecule has 8 heteroatoms. The molecule has 0 spiro atoms. The van der Waals surface area contributed by atoms with E-state index in [1.807, 2.05) is 13.8 Å². The SMILES string of the molecule is COc1ccc(C(=O)OCC(=O)N(CC(C)C)[C@H]2CCS(=O)(=O)C2)cc1. The number of methoxy groups -OCH3 is 1. The minimum absolute atomic E-state index is 0.0299. The van der Waals surface area contributed by atoms with Gasteiger partial charge in [-0.25, -0.2) is 13.2 Å². The third kappa shape index (κ3) is 5.45. The first kappa shape index (κ1) is 20.2. The largest absolute Gasteiger partial charge is 0.497 e. The van der Waals surface area contributed by atoms with E-state index in [9.17, 15) is 18.0 Å². The van der Waals surface area contributed by atoms with Gasteiger partial charge in [0.2, 0.25) is 0 Å². The van der Waals surface area contributed by atoms with Crippen molar-refractivity contribution in [2.75, 3.05) is 31.8 Å². The maximum atomic E-state index is 12.5. The van der Waals surface area contributed by atoms with Crippen LogP contribution in [0.1, 0.15) is 30.6 Å². The van der Waals surface area contributed by atoms with Crippen molar-refractivity contribution in [3.63, 3.8) is 0 Å². The number of esters is 1. The average Bonchev–Trinajstić information content (AvgIpc) is 2.96. The van der Waals surface area contributed by atoms with Crippen LogP contribution in [0.2, 0.25) is 0 Å². The number of amides is 1. The molecule has 1 saturated heterocycles. The lowest BCUT2D eigenvalue weighted by atomic mass is 10.1. The van der Waals surface area contributed by atoms with Crippen LogP contribution >= 0.6 is 0 Å². The molecule has 0 saturated carbocycles. The number of carbonyl (C=O) groups is 2. The number of benzene rings is 1. The Bertz CT molecular complexity index is 741.